The van der Waals surface area contributed by atoms with Crippen LogP contribution < -0.4 is 0 Å². The van der Waals surface area contributed by atoms with Crippen molar-refractivity contribution in [2.75, 3.05) is 0 Å². The van der Waals surface area contributed by atoms with Crippen molar-refractivity contribution in [1.29, 1.82) is 5.26 Å². The second-order valence-corrected chi connectivity index (χ2v) is 2.75. The third-order valence-corrected chi connectivity index (χ3v) is 1.18. The summed E-state index contributed by atoms with van der Waals surface area (Å²) < 4.78 is 0. The molecule has 0 heterocycles. The second kappa shape index (κ2) is 2.76. The lowest BCUT2D eigenvalue weighted by atomic mass is 9.84. The molecule has 0 aromatic rings. The van der Waals surface area contributed by atoms with Crippen molar-refractivity contribution >= 4 is 7.85 Å². The molecule has 0 aliphatic rings. The van der Waals surface area contributed by atoms with E-state index in [1.54, 1.807) is 0 Å². The van der Waals surface area contributed by atoms with Crippen LogP contribution in [0.2, 0.25) is 6.32 Å². The van der Waals surface area contributed by atoms with Crippen LogP contribution in [0.1, 0.15) is 20.3 Å². The van der Waals surface area contributed by atoms with Crippen LogP contribution in [0.3, 0.4) is 0 Å². The van der Waals surface area contributed by atoms with E-state index >= 15 is 0 Å². The molecule has 0 atom stereocenters. The Hall–Kier alpha value is -0.445. The van der Waals surface area contributed by atoms with Gasteiger partial charge in [0.05, 0.1) is 11.5 Å². The summed E-state index contributed by atoms with van der Waals surface area (Å²) in [6, 6.07) is 2.24. The van der Waals surface area contributed by atoms with Gasteiger partial charge in [0.1, 0.15) is 7.85 Å². The van der Waals surface area contributed by atoms with E-state index in [0.717, 1.165) is 12.7 Å². The molecular weight excluding hydrogens is 96.9 g/mol. The van der Waals surface area contributed by atoms with Crippen LogP contribution in [-0.4, -0.2) is 7.85 Å². The highest BCUT2D eigenvalue weighted by molar-refractivity contribution is 6.08. The molecule has 0 fully saturated rings. The zero-order valence-electron chi connectivity index (χ0n) is 5.86. The normalized spacial score (nSPS) is 10.6. The predicted octanol–water partition coefficient (Wildman–Crippen LogP) is 0.978. The summed E-state index contributed by atoms with van der Waals surface area (Å²) >= 11 is 0. The highest BCUT2D eigenvalue weighted by Crippen LogP contribution is 2.19. The van der Waals surface area contributed by atoms with E-state index < -0.39 is 0 Å². The number of hydrogen-bond donors (Lipinski definition) is 0. The molecule has 0 aliphatic heterocycles. The van der Waals surface area contributed by atoms with E-state index in [0.29, 0.717) is 0 Å². The molecule has 0 aromatic carbocycles. The largest absolute Gasteiger partial charge is 0.198 e. The van der Waals surface area contributed by atoms with Crippen molar-refractivity contribution < 1.29 is 0 Å². The van der Waals surface area contributed by atoms with E-state index in [2.05, 4.69) is 13.9 Å². The van der Waals surface area contributed by atoms with E-state index in [9.17, 15) is 0 Å². The van der Waals surface area contributed by atoms with Crippen LogP contribution in [-0.2, 0) is 0 Å². The van der Waals surface area contributed by atoms with Crippen LogP contribution in [0.15, 0.2) is 0 Å². The molecule has 0 rings (SSSR count). The van der Waals surface area contributed by atoms with E-state index in [1.165, 1.54) is 0 Å². The summed E-state index contributed by atoms with van der Waals surface area (Å²) in [5.74, 6) is 0. The summed E-state index contributed by atoms with van der Waals surface area (Å²) in [7, 11) is 2.10. The summed E-state index contributed by atoms with van der Waals surface area (Å²) in [6.07, 6.45) is 2.10. The lowest BCUT2D eigenvalue weighted by molar-refractivity contribution is 0.477. The fourth-order valence-electron chi connectivity index (χ4n) is 0.681. The zero-order valence-corrected chi connectivity index (χ0v) is 5.86. The second-order valence-electron chi connectivity index (χ2n) is 2.75. The van der Waals surface area contributed by atoms with E-state index in [-0.39, 0.29) is 5.41 Å². The Labute approximate surface area is 52.1 Å². The van der Waals surface area contributed by atoms with Gasteiger partial charge in [-0.3, -0.25) is 0 Å². The van der Waals surface area contributed by atoms with Gasteiger partial charge in [-0.05, 0) is 20.3 Å². The first-order valence-electron chi connectivity index (χ1n) is 3.03. The fraction of sp³-hybridized carbons (Fsp3) is 0.833. The number of rotatable bonds is 2. The minimum absolute atomic E-state index is 0.102. The van der Waals surface area contributed by atoms with Crippen LogP contribution >= 0.6 is 0 Å². The van der Waals surface area contributed by atoms with Gasteiger partial charge in [0.15, 0.2) is 0 Å². The monoisotopic (exact) mass is 109 g/mol. The Morgan fingerprint density at radius 3 is 2.25 bits per heavy atom. The van der Waals surface area contributed by atoms with Gasteiger partial charge in [-0.25, -0.2) is 0 Å². The average molecular weight is 109 g/mol. The molecule has 0 aliphatic carbocycles. The van der Waals surface area contributed by atoms with Crippen LogP contribution in [0.4, 0.5) is 0 Å². The van der Waals surface area contributed by atoms with Crippen molar-refractivity contribution in [2.45, 2.75) is 26.6 Å². The highest BCUT2D eigenvalue weighted by atomic mass is 14.3. The summed E-state index contributed by atoms with van der Waals surface area (Å²) in [6.45, 7) is 3.94. The molecule has 0 N–H and O–H groups in total. The summed E-state index contributed by atoms with van der Waals surface area (Å²) in [5, 5.41) is 8.48. The molecule has 0 bridgehead atoms. The van der Waals surface area contributed by atoms with Gasteiger partial charge in [0.25, 0.3) is 0 Å². The summed E-state index contributed by atoms with van der Waals surface area (Å²) in [4.78, 5) is 0. The molecule has 0 unspecified atom stereocenters. The van der Waals surface area contributed by atoms with Crippen molar-refractivity contribution in [3.8, 4) is 6.07 Å². The summed E-state index contributed by atoms with van der Waals surface area (Å²) in [5.41, 5.74) is -0.102. The van der Waals surface area contributed by atoms with E-state index in [1.807, 2.05) is 13.8 Å². The van der Waals surface area contributed by atoms with Crippen molar-refractivity contribution in [3.63, 3.8) is 0 Å². The predicted molar refractivity (Wildman–Crippen MR) is 37.4 cm³/mol. The molecule has 0 aromatic heterocycles. The van der Waals surface area contributed by atoms with Crippen LogP contribution in [0.25, 0.3) is 0 Å². The van der Waals surface area contributed by atoms with Gasteiger partial charge >= 0.3 is 0 Å². The maximum absolute atomic E-state index is 8.48. The molecule has 1 nitrogen and oxygen atoms in total. The van der Waals surface area contributed by atoms with Gasteiger partial charge in [0.2, 0.25) is 0 Å². The van der Waals surface area contributed by atoms with Crippen molar-refractivity contribution in [3.05, 3.63) is 0 Å². The van der Waals surface area contributed by atoms with Gasteiger partial charge in [0, 0.05) is 0 Å². The standard InChI is InChI=1S/C6H12BN/c1-6(2,5-8)3-4-7/h3-4,7H2,1-2H3. The molecule has 0 amide bonds. The molecule has 0 radical (unpaired) electrons. The van der Waals surface area contributed by atoms with Crippen molar-refractivity contribution in [2.24, 2.45) is 5.41 Å². The highest BCUT2D eigenvalue weighted by Gasteiger charge is 2.13. The number of hydrogen-bond acceptors (Lipinski definition) is 1. The molecule has 44 valence electrons. The Morgan fingerprint density at radius 2 is 2.12 bits per heavy atom. The van der Waals surface area contributed by atoms with Gasteiger partial charge in [-0.1, -0.05) is 6.32 Å². The molecule has 0 saturated carbocycles. The SMILES string of the molecule is BCCC(C)(C)C#N. The first-order valence-corrected chi connectivity index (χ1v) is 3.03. The lowest BCUT2D eigenvalue weighted by Crippen LogP contribution is -2.06. The smallest absolute Gasteiger partial charge is 0.101 e. The molecule has 0 spiro atoms. The number of nitrogens with zero attached hydrogens (tertiary/aromatic N) is 1. The van der Waals surface area contributed by atoms with Crippen LogP contribution in [0.5, 0.6) is 0 Å². The maximum atomic E-state index is 8.48. The fourth-order valence-corrected chi connectivity index (χ4v) is 0.681. The van der Waals surface area contributed by atoms with Gasteiger partial charge in [-0.2, -0.15) is 5.26 Å². The quantitative estimate of drug-likeness (QED) is 0.485. The first-order chi connectivity index (χ1) is 3.62. The van der Waals surface area contributed by atoms with E-state index in [4.69, 9.17) is 5.26 Å². The zero-order chi connectivity index (χ0) is 6.62. The Balaban J connectivity index is 3.59. The van der Waals surface area contributed by atoms with Crippen molar-refractivity contribution in [1.82, 2.24) is 0 Å². The van der Waals surface area contributed by atoms with Gasteiger partial charge in [-0.15, -0.1) is 0 Å². The minimum Gasteiger partial charge on any atom is -0.198 e. The Kier molecular flexibility index (Phi) is 2.61. The Morgan fingerprint density at radius 1 is 1.62 bits per heavy atom. The minimum atomic E-state index is -0.102. The molecule has 8 heavy (non-hydrogen) atoms. The van der Waals surface area contributed by atoms with Crippen LogP contribution in [0, 0.1) is 16.7 Å². The third-order valence-electron chi connectivity index (χ3n) is 1.18. The molecule has 2 heteroatoms. The van der Waals surface area contributed by atoms with Gasteiger partial charge < -0.3 is 0 Å². The third kappa shape index (κ3) is 2.68. The first kappa shape index (κ1) is 7.55. The number of nitriles is 1. The topological polar surface area (TPSA) is 23.8 Å². The Bertz CT molecular complexity index is 102. The maximum Gasteiger partial charge on any atom is 0.101 e. The lowest BCUT2D eigenvalue weighted by Gasteiger charge is -2.11. The molecular formula is C6H12BN. The molecule has 0 saturated heterocycles. The average Bonchev–Trinajstić information content (AvgIpc) is 1.67.